The van der Waals surface area contributed by atoms with Crippen molar-refractivity contribution in [3.8, 4) is 11.3 Å². The zero-order valence-corrected chi connectivity index (χ0v) is 14.9. The lowest BCUT2D eigenvalue weighted by molar-refractivity contribution is 0.262. The van der Waals surface area contributed by atoms with E-state index < -0.39 is 0 Å². The molecule has 0 aliphatic rings. The maximum absolute atomic E-state index is 12.2. The number of nitrogens with one attached hydrogen (secondary N) is 2. The molecule has 2 heterocycles. The van der Waals surface area contributed by atoms with E-state index in [9.17, 15) is 4.79 Å². The number of benzene rings is 2. The molecule has 2 N–H and O–H groups in total. The number of urea groups is 1. The van der Waals surface area contributed by atoms with Crippen molar-refractivity contribution in [3.05, 3.63) is 84.3 Å². The van der Waals surface area contributed by atoms with Crippen LogP contribution in [0.4, 0.5) is 16.2 Å². The summed E-state index contributed by atoms with van der Waals surface area (Å²) in [5.41, 5.74) is 2.76. The van der Waals surface area contributed by atoms with Gasteiger partial charge in [-0.1, -0.05) is 35.9 Å². The quantitative estimate of drug-likeness (QED) is 0.491. The Kier molecular flexibility index (Phi) is 4.68. The van der Waals surface area contributed by atoms with Gasteiger partial charge >= 0.3 is 6.03 Å². The number of fused-ring (bicyclic) bond motifs is 1. The van der Waals surface area contributed by atoms with Crippen LogP contribution in [0.2, 0.25) is 5.02 Å². The molecule has 0 bridgehead atoms. The maximum Gasteiger partial charge on any atom is 0.323 e. The van der Waals surface area contributed by atoms with Gasteiger partial charge in [-0.2, -0.15) is 0 Å². The molecule has 2 aromatic carbocycles. The minimum absolute atomic E-state index is 0.359. The molecular weight excluding hydrogens is 360 g/mol. The van der Waals surface area contributed by atoms with Crippen LogP contribution in [0.15, 0.2) is 79.3 Å². The van der Waals surface area contributed by atoms with Crippen LogP contribution in [0, 0.1) is 0 Å². The van der Waals surface area contributed by atoms with Crippen molar-refractivity contribution in [1.82, 2.24) is 9.97 Å². The number of carbonyl (C=O) groups is 1. The summed E-state index contributed by atoms with van der Waals surface area (Å²) in [7, 11) is 0. The van der Waals surface area contributed by atoms with Crippen LogP contribution in [0.3, 0.4) is 0 Å². The van der Waals surface area contributed by atoms with Crippen LogP contribution in [0.25, 0.3) is 22.0 Å². The average molecular weight is 375 g/mol. The van der Waals surface area contributed by atoms with Crippen molar-refractivity contribution in [2.45, 2.75) is 0 Å². The number of pyridine rings is 2. The summed E-state index contributed by atoms with van der Waals surface area (Å²) >= 11 is 6.42. The van der Waals surface area contributed by atoms with E-state index in [2.05, 4.69) is 20.6 Å². The number of carbonyl (C=O) groups excluding carboxylic acids is 1. The summed E-state index contributed by atoms with van der Waals surface area (Å²) in [5.74, 6) is 0. The summed E-state index contributed by atoms with van der Waals surface area (Å²) in [6.07, 6.45) is 4.97. The molecule has 0 atom stereocenters. The highest BCUT2D eigenvalue weighted by Crippen LogP contribution is 2.33. The SMILES string of the molecule is O=C(Nc1cccnc1)Nc1ccc(Cl)c(-c2nccc3ccccc23)c1. The first kappa shape index (κ1) is 17.0. The Morgan fingerprint density at radius 1 is 0.889 bits per heavy atom. The summed E-state index contributed by atoms with van der Waals surface area (Å²) in [6.45, 7) is 0. The van der Waals surface area contributed by atoms with Crippen molar-refractivity contribution in [1.29, 1.82) is 0 Å². The molecule has 2 aromatic heterocycles. The van der Waals surface area contributed by atoms with Crippen molar-refractivity contribution >= 4 is 39.8 Å². The third-order valence-corrected chi connectivity index (χ3v) is 4.40. The van der Waals surface area contributed by atoms with Crippen LogP contribution < -0.4 is 10.6 Å². The lowest BCUT2D eigenvalue weighted by Gasteiger charge is -2.11. The van der Waals surface area contributed by atoms with Crippen LogP contribution >= 0.6 is 11.6 Å². The van der Waals surface area contributed by atoms with Gasteiger partial charge in [0.1, 0.15) is 0 Å². The van der Waals surface area contributed by atoms with Crippen molar-refractivity contribution < 1.29 is 4.79 Å². The molecule has 0 aliphatic carbocycles. The van der Waals surface area contributed by atoms with Gasteiger partial charge in [0.05, 0.1) is 22.6 Å². The van der Waals surface area contributed by atoms with Gasteiger partial charge in [0.2, 0.25) is 0 Å². The van der Waals surface area contributed by atoms with Gasteiger partial charge in [0.15, 0.2) is 0 Å². The molecule has 5 nitrogen and oxygen atoms in total. The fraction of sp³-hybridized carbons (Fsp3) is 0. The smallest absolute Gasteiger partial charge is 0.308 e. The highest BCUT2D eigenvalue weighted by atomic mass is 35.5. The summed E-state index contributed by atoms with van der Waals surface area (Å²) in [5, 5.41) is 8.19. The number of halogens is 1. The Balaban J connectivity index is 1.64. The molecule has 0 fully saturated rings. The number of aromatic nitrogens is 2. The van der Waals surface area contributed by atoms with E-state index in [0.717, 1.165) is 22.0 Å². The molecule has 6 heteroatoms. The molecule has 0 radical (unpaired) electrons. The minimum atomic E-state index is -0.359. The van der Waals surface area contributed by atoms with E-state index in [1.165, 1.54) is 0 Å². The molecule has 0 saturated carbocycles. The lowest BCUT2D eigenvalue weighted by atomic mass is 10.0. The average Bonchev–Trinajstić information content (AvgIpc) is 2.70. The molecule has 0 saturated heterocycles. The number of rotatable bonds is 3. The third-order valence-electron chi connectivity index (χ3n) is 4.07. The largest absolute Gasteiger partial charge is 0.323 e. The molecule has 2 amide bonds. The van der Waals surface area contributed by atoms with E-state index in [1.54, 1.807) is 42.9 Å². The first-order valence-corrected chi connectivity index (χ1v) is 8.70. The van der Waals surface area contributed by atoms with Gasteiger partial charge in [0.25, 0.3) is 0 Å². The summed E-state index contributed by atoms with van der Waals surface area (Å²) in [4.78, 5) is 20.7. The van der Waals surface area contributed by atoms with Crippen molar-refractivity contribution in [2.75, 3.05) is 10.6 Å². The topological polar surface area (TPSA) is 66.9 Å². The lowest BCUT2D eigenvalue weighted by Crippen LogP contribution is -2.19. The van der Waals surface area contributed by atoms with E-state index in [-0.39, 0.29) is 6.03 Å². The van der Waals surface area contributed by atoms with Crippen molar-refractivity contribution in [3.63, 3.8) is 0 Å². The molecule has 0 spiro atoms. The first-order chi connectivity index (χ1) is 13.2. The third kappa shape index (κ3) is 3.73. The first-order valence-electron chi connectivity index (χ1n) is 8.32. The summed E-state index contributed by atoms with van der Waals surface area (Å²) < 4.78 is 0. The molecule has 27 heavy (non-hydrogen) atoms. The second kappa shape index (κ2) is 7.43. The number of amides is 2. The van der Waals surface area contributed by atoms with E-state index in [0.29, 0.717) is 16.4 Å². The van der Waals surface area contributed by atoms with E-state index in [1.807, 2.05) is 36.4 Å². The van der Waals surface area contributed by atoms with Gasteiger partial charge in [-0.25, -0.2) is 4.79 Å². The Morgan fingerprint density at radius 3 is 2.59 bits per heavy atom. The standard InChI is InChI=1S/C21H15ClN4O/c22-19-8-7-15(25-21(27)26-16-5-3-10-23-13-16)12-18(19)20-17-6-2-1-4-14(17)9-11-24-20/h1-13H,(H2,25,26,27). The number of nitrogens with zero attached hydrogens (tertiary/aromatic N) is 2. The van der Waals surface area contributed by atoms with Crippen LogP contribution in [-0.2, 0) is 0 Å². The van der Waals surface area contributed by atoms with Crippen LogP contribution in [0.5, 0.6) is 0 Å². The van der Waals surface area contributed by atoms with Gasteiger partial charge in [0, 0.05) is 29.0 Å². The molecule has 0 unspecified atom stereocenters. The normalized spacial score (nSPS) is 10.6. The van der Waals surface area contributed by atoms with E-state index >= 15 is 0 Å². The van der Waals surface area contributed by atoms with Crippen molar-refractivity contribution in [2.24, 2.45) is 0 Å². The zero-order valence-electron chi connectivity index (χ0n) is 14.2. The predicted molar refractivity (Wildman–Crippen MR) is 109 cm³/mol. The highest BCUT2D eigenvalue weighted by Gasteiger charge is 2.11. The summed E-state index contributed by atoms with van der Waals surface area (Å²) in [6, 6.07) is 18.4. The van der Waals surface area contributed by atoms with Gasteiger partial charge in [-0.05, 0) is 41.8 Å². The number of anilines is 2. The monoisotopic (exact) mass is 374 g/mol. The highest BCUT2D eigenvalue weighted by molar-refractivity contribution is 6.33. The number of hydrogen-bond donors (Lipinski definition) is 2. The van der Waals surface area contributed by atoms with Crippen LogP contribution in [-0.4, -0.2) is 16.0 Å². The molecular formula is C21H15ClN4O. The van der Waals surface area contributed by atoms with Gasteiger partial charge in [-0.3, -0.25) is 9.97 Å². The number of hydrogen-bond acceptors (Lipinski definition) is 3. The Labute approximate surface area is 161 Å². The Bertz CT molecular complexity index is 1110. The van der Waals surface area contributed by atoms with Crippen LogP contribution in [0.1, 0.15) is 0 Å². The predicted octanol–water partition coefficient (Wildman–Crippen LogP) is 5.59. The second-order valence-corrected chi connectivity index (χ2v) is 6.30. The van der Waals surface area contributed by atoms with Gasteiger partial charge < -0.3 is 10.6 Å². The fourth-order valence-corrected chi connectivity index (χ4v) is 3.06. The Morgan fingerprint density at radius 2 is 1.74 bits per heavy atom. The molecule has 4 rings (SSSR count). The second-order valence-electron chi connectivity index (χ2n) is 5.90. The Hall–Kier alpha value is -3.44. The molecule has 0 aliphatic heterocycles. The zero-order chi connectivity index (χ0) is 18.6. The van der Waals surface area contributed by atoms with E-state index in [4.69, 9.17) is 11.6 Å². The van der Waals surface area contributed by atoms with Gasteiger partial charge in [-0.15, -0.1) is 0 Å². The fourth-order valence-electron chi connectivity index (χ4n) is 2.85. The minimum Gasteiger partial charge on any atom is -0.308 e. The molecule has 4 aromatic rings. The maximum atomic E-state index is 12.2. The molecule has 132 valence electrons.